The third-order valence-corrected chi connectivity index (χ3v) is 6.69. The second-order valence-corrected chi connectivity index (χ2v) is 9.29. The molecule has 1 aromatic carbocycles. The highest BCUT2D eigenvalue weighted by Crippen LogP contribution is 2.39. The standard InChI is InChI=1S/C26H28N6O4/c1-26(25(35)29-14-18-7-3-4-8-20(18)36-2)15-31-16-30-21(22(31)24(34)32(26)19-9-10-19)23(33)28-13-17-6-5-11-27-12-17/h3-8,11-12,16,19H,9-10,13-15H2,1-2H3,(H,28,33)(H,29,35)/t26-/m0/s1. The van der Waals surface area contributed by atoms with Gasteiger partial charge in [-0.15, -0.1) is 0 Å². The van der Waals surface area contributed by atoms with Crippen molar-refractivity contribution >= 4 is 17.7 Å². The van der Waals surface area contributed by atoms with Crippen molar-refractivity contribution < 1.29 is 19.1 Å². The highest BCUT2D eigenvalue weighted by molar-refractivity contribution is 6.07. The van der Waals surface area contributed by atoms with E-state index in [0.29, 0.717) is 5.75 Å². The Hall–Kier alpha value is -4.21. The van der Waals surface area contributed by atoms with Crippen LogP contribution in [0.1, 0.15) is 51.9 Å². The molecular weight excluding hydrogens is 460 g/mol. The molecule has 3 amide bonds. The Kier molecular flexibility index (Phi) is 6.17. The number of fused-ring (bicyclic) bond motifs is 1. The summed E-state index contributed by atoms with van der Waals surface area (Å²) in [5.74, 6) is -0.389. The van der Waals surface area contributed by atoms with Crippen molar-refractivity contribution in [2.24, 2.45) is 0 Å². The van der Waals surface area contributed by atoms with E-state index in [1.54, 1.807) is 42.0 Å². The monoisotopic (exact) mass is 488 g/mol. The highest BCUT2D eigenvalue weighted by atomic mass is 16.5. The van der Waals surface area contributed by atoms with E-state index in [1.165, 1.54) is 6.33 Å². The molecule has 1 fully saturated rings. The smallest absolute Gasteiger partial charge is 0.274 e. The molecule has 0 bridgehead atoms. The van der Waals surface area contributed by atoms with Crippen molar-refractivity contribution in [1.29, 1.82) is 0 Å². The minimum atomic E-state index is -1.13. The van der Waals surface area contributed by atoms with Crippen molar-refractivity contribution in [2.45, 2.75) is 51.0 Å². The molecule has 2 N–H and O–H groups in total. The van der Waals surface area contributed by atoms with Gasteiger partial charge in [-0.05, 0) is 37.5 Å². The molecule has 0 unspecified atom stereocenters. The predicted molar refractivity (Wildman–Crippen MR) is 130 cm³/mol. The van der Waals surface area contributed by atoms with Crippen molar-refractivity contribution in [3.8, 4) is 5.75 Å². The molecule has 3 heterocycles. The molecule has 1 atom stereocenters. The second kappa shape index (κ2) is 9.44. The van der Waals surface area contributed by atoms with Gasteiger partial charge in [0.15, 0.2) is 5.69 Å². The fourth-order valence-corrected chi connectivity index (χ4v) is 4.71. The average Bonchev–Trinajstić information content (AvgIpc) is 3.64. The summed E-state index contributed by atoms with van der Waals surface area (Å²) in [4.78, 5) is 50.1. The minimum Gasteiger partial charge on any atom is -0.496 e. The lowest BCUT2D eigenvalue weighted by Gasteiger charge is -2.44. The number of pyridine rings is 1. The van der Waals surface area contributed by atoms with Gasteiger partial charge in [0.25, 0.3) is 11.8 Å². The number of carbonyl (C=O) groups is 3. The third-order valence-electron chi connectivity index (χ3n) is 6.69. The molecule has 1 aliphatic heterocycles. The van der Waals surface area contributed by atoms with Crippen molar-refractivity contribution in [2.75, 3.05) is 7.11 Å². The van der Waals surface area contributed by atoms with Crippen LogP contribution in [0.2, 0.25) is 0 Å². The summed E-state index contributed by atoms with van der Waals surface area (Å²) in [5.41, 5.74) is 0.820. The zero-order chi connectivity index (χ0) is 25.3. The summed E-state index contributed by atoms with van der Waals surface area (Å²) >= 11 is 0. The molecule has 1 aliphatic carbocycles. The summed E-state index contributed by atoms with van der Waals surface area (Å²) in [6.07, 6.45) is 6.42. The maximum absolute atomic E-state index is 13.7. The van der Waals surface area contributed by atoms with Crippen molar-refractivity contribution in [1.82, 2.24) is 30.1 Å². The normalized spacial score (nSPS) is 18.9. The number of imidazole rings is 1. The van der Waals surface area contributed by atoms with Crippen LogP contribution in [0, 0.1) is 0 Å². The number of benzene rings is 1. The Labute approximate surface area is 208 Å². The number of rotatable bonds is 8. The number of amides is 3. The fraction of sp³-hybridized carbons (Fsp3) is 0.346. The molecule has 186 valence electrons. The Morgan fingerprint density at radius 1 is 1.14 bits per heavy atom. The number of methoxy groups -OCH3 is 1. The molecule has 3 aromatic rings. The predicted octanol–water partition coefficient (Wildman–Crippen LogP) is 1.91. The minimum absolute atomic E-state index is 0.0468. The van der Waals surface area contributed by atoms with Crippen LogP contribution in [0.5, 0.6) is 5.75 Å². The highest BCUT2D eigenvalue weighted by Gasteiger charge is 2.53. The Morgan fingerprint density at radius 2 is 1.94 bits per heavy atom. The summed E-state index contributed by atoms with van der Waals surface area (Å²) in [7, 11) is 1.58. The number of aromatic nitrogens is 3. The number of carbonyl (C=O) groups excluding carboxylic acids is 3. The van der Waals surface area contributed by atoms with Crippen LogP contribution in [-0.2, 0) is 24.4 Å². The van der Waals surface area contributed by atoms with Gasteiger partial charge in [-0.25, -0.2) is 4.98 Å². The second-order valence-electron chi connectivity index (χ2n) is 9.29. The van der Waals surface area contributed by atoms with Crippen LogP contribution < -0.4 is 15.4 Å². The van der Waals surface area contributed by atoms with E-state index in [-0.39, 0.29) is 48.9 Å². The number of nitrogens with zero attached hydrogens (tertiary/aromatic N) is 4. The molecule has 5 rings (SSSR count). The lowest BCUT2D eigenvalue weighted by atomic mass is 9.93. The summed E-state index contributed by atoms with van der Waals surface area (Å²) in [5, 5.41) is 5.79. The van der Waals surface area contributed by atoms with E-state index >= 15 is 0 Å². The molecule has 1 saturated carbocycles. The first-order valence-electron chi connectivity index (χ1n) is 11.9. The topological polar surface area (TPSA) is 118 Å². The maximum atomic E-state index is 13.7. The van der Waals surface area contributed by atoms with Crippen molar-refractivity contribution in [3.63, 3.8) is 0 Å². The van der Waals surface area contributed by atoms with Gasteiger partial charge in [0, 0.05) is 37.1 Å². The van der Waals surface area contributed by atoms with Crippen LogP contribution in [-0.4, -0.2) is 55.8 Å². The Morgan fingerprint density at radius 3 is 2.67 bits per heavy atom. The van der Waals surface area contributed by atoms with Crippen LogP contribution in [0.15, 0.2) is 55.1 Å². The molecular formula is C26H28N6O4. The summed E-state index contributed by atoms with van der Waals surface area (Å²) < 4.78 is 7.00. The summed E-state index contributed by atoms with van der Waals surface area (Å²) in [6, 6.07) is 11.1. The molecule has 0 radical (unpaired) electrons. The molecule has 10 nitrogen and oxygen atoms in total. The van der Waals surface area contributed by atoms with Crippen molar-refractivity contribution in [3.05, 3.63) is 77.6 Å². The lowest BCUT2D eigenvalue weighted by Crippen LogP contribution is -2.64. The first kappa shape index (κ1) is 23.5. The summed E-state index contributed by atoms with van der Waals surface area (Å²) in [6.45, 7) is 2.50. The molecule has 36 heavy (non-hydrogen) atoms. The van der Waals surface area contributed by atoms with Gasteiger partial charge in [0.2, 0.25) is 5.91 Å². The fourth-order valence-electron chi connectivity index (χ4n) is 4.71. The van der Waals surface area contributed by atoms with Crippen LogP contribution in [0.3, 0.4) is 0 Å². The van der Waals surface area contributed by atoms with E-state index < -0.39 is 11.4 Å². The SMILES string of the molecule is COc1ccccc1CNC(=O)[C@]1(C)Cn2cnc(C(=O)NCc3cccnc3)c2C(=O)N1C1CC1. The lowest BCUT2D eigenvalue weighted by molar-refractivity contribution is -0.133. The van der Waals surface area contributed by atoms with Gasteiger partial charge in [0.1, 0.15) is 17.0 Å². The van der Waals surface area contributed by atoms with E-state index in [0.717, 1.165) is 24.0 Å². The van der Waals surface area contributed by atoms with E-state index in [9.17, 15) is 14.4 Å². The maximum Gasteiger partial charge on any atom is 0.274 e. The number of hydrogen-bond donors (Lipinski definition) is 2. The van der Waals surface area contributed by atoms with E-state index in [1.807, 2.05) is 30.3 Å². The van der Waals surface area contributed by atoms with Gasteiger partial charge in [-0.3, -0.25) is 19.4 Å². The van der Waals surface area contributed by atoms with Gasteiger partial charge >= 0.3 is 0 Å². The Balaban J connectivity index is 1.37. The number of nitrogens with one attached hydrogen (secondary N) is 2. The van der Waals surface area contributed by atoms with E-state index in [2.05, 4.69) is 20.6 Å². The van der Waals surface area contributed by atoms with Gasteiger partial charge < -0.3 is 24.8 Å². The zero-order valence-electron chi connectivity index (χ0n) is 20.2. The molecule has 2 aromatic heterocycles. The molecule has 10 heteroatoms. The van der Waals surface area contributed by atoms with Crippen LogP contribution in [0.4, 0.5) is 0 Å². The average molecular weight is 489 g/mol. The quantitative estimate of drug-likeness (QED) is 0.500. The first-order chi connectivity index (χ1) is 17.4. The third kappa shape index (κ3) is 4.30. The molecule has 0 saturated heterocycles. The zero-order valence-corrected chi connectivity index (χ0v) is 20.2. The van der Waals surface area contributed by atoms with Crippen LogP contribution in [0.25, 0.3) is 0 Å². The van der Waals surface area contributed by atoms with E-state index in [4.69, 9.17) is 4.74 Å². The van der Waals surface area contributed by atoms with Gasteiger partial charge in [0.05, 0.1) is 20.0 Å². The van der Waals surface area contributed by atoms with Gasteiger partial charge in [-0.1, -0.05) is 24.3 Å². The van der Waals surface area contributed by atoms with Gasteiger partial charge in [-0.2, -0.15) is 0 Å². The largest absolute Gasteiger partial charge is 0.496 e. The molecule has 0 spiro atoms. The Bertz CT molecular complexity index is 1300. The number of ether oxygens (including phenoxy) is 1. The first-order valence-corrected chi connectivity index (χ1v) is 11.9. The van der Waals surface area contributed by atoms with Crippen LogP contribution >= 0.6 is 0 Å². The number of hydrogen-bond acceptors (Lipinski definition) is 6. The number of para-hydroxylation sites is 1. The molecule has 2 aliphatic rings.